The molecule has 8 heteroatoms. The van der Waals surface area contributed by atoms with Gasteiger partial charge in [0, 0.05) is 12.6 Å². The zero-order valence-electron chi connectivity index (χ0n) is 17.4. The molecule has 1 aliphatic rings. The largest absolute Gasteiger partial charge is 0.486 e. The van der Waals surface area contributed by atoms with Crippen LogP contribution in [0.1, 0.15) is 12.5 Å². The van der Waals surface area contributed by atoms with Crippen LogP contribution in [0, 0.1) is 0 Å². The van der Waals surface area contributed by atoms with E-state index in [9.17, 15) is 13.2 Å². The molecule has 0 spiro atoms. The number of ether oxygens (including phenoxy) is 2. The number of amides is 1. The highest BCUT2D eigenvalue weighted by atomic mass is 32.2. The van der Waals surface area contributed by atoms with Gasteiger partial charge in [0.25, 0.3) is 0 Å². The van der Waals surface area contributed by atoms with E-state index in [0.29, 0.717) is 36.9 Å². The molecule has 1 amide bonds. The third-order valence-electron chi connectivity index (χ3n) is 5.20. The van der Waals surface area contributed by atoms with Gasteiger partial charge >= 0.3 is 0 Å². The van der Waals surface area contributed by atoms with Crippen LogP contribution in [0.3, 0.4) is 0 Å². The van der Waals surface area contributed by atoms with Gasteiger partial charge in [-0.05, 0) is 35.4 Å². The van der Waals surface area contributed by atoms with Gasteiger partial charge in [0.15, 0.2) is 11.5 Å². The van der Waals surface area contributed by atoms with Gasteiger partial charge in [0.2, 0.25) is 15.9 Å². The Hall–Kier alpha value is -3.26. The quantitative estimate of drug-likeness (QED) is 0.637. The maximum atomic E-state index is 12.9. The first-order valence-corrected chi connectivity index (χ1v) is 11.8. The molecule has 0 aliphatic carbocycles. The normalized spacial score (nSPS) is 14.1. The molecule has 0 fully saturated rings. The van der Waals surface area contributed by atoms with Crippen molar-refractivity contribution < 1.29 is 22.7 Å². The van der Waals surface area contributed by atoms with Gasteiger partial charge < -0.3 is 14.8 Å². The van der Waals surface area contributed by atoms with Crippen molar-refractivity contribution in [3.05, 3.63) is 66.2 Å². The fourth-order valence-corrected chi connectivity index (χ4v) is 4.92. The minimum atomic E-state index is -3.73. The highest BCUT2D eigenvalue weighted by Crippen LogP contribution is 2.35. The zero-order valence-corrected chi connectivity index (χ0v) is 18.2. The third-order valence-corrected chi connectivity index (χ3v) is 6.44. The lowest BCUT2D eigenvalue weighted by atomic mass is 10.0. The lowest BCUT2D eigenvalue weighted by Gasteiger charge is -2.29. The van der Waals surface area contributed by atoms with Crippen LogP contribution in [-0.4, -0.2) is 39.8 Å². The van der Waals surface area contributed by atoms with Gasteiger partial charge in [-0.1, -0.05) is 42.5 Å². The maximum absolute atomic E-state index is 12.9. The Morgan fingerprint density at radius 2 is 1.74 bits per heavy atom. The highest BCUT2D eigenvalue weighted by molar-refractivity contribution is 7.92. The number of carbonyl (C=O) groups excluding carboxylic acids is 1. The van der Waals surface area contributed by atoms with Crippen LogP contribution in [0.25, 0.3) is 10.8 Å². The molecule has 0 bridgehead atoms. The average molecular weight is 441 g/mol. The molecule has 1 unspecified atom stereocenters. The SMILES string of the molecule is CC(C(=O)NCc1cccc2ccccc12)N(c1ccc2c(c1)OCCO2)S(C)(=O)=O. The Bertz CT molecular complexity index is 1220. The molecule has 1 atom stereocenters. The summed E-state index contributed by atoms with van der Waals surface area (Å²) >= 11 is 0. The molecule has 4 rings (SSSR count). The third kappa shape index (κ3) is 4.44. The fourth-order valence-electron chi connectivity index (χ4n) is 3.75. The minimum absolute atomic E-state index is 0.295. The van der Waals surface area contributed by atoms with Crippen molar-refractivity contribution in [2.45, 2.75) is 19.5 Å². The molecule has 7 nitrogen and oxygen atoms in total. The average Bonchev–Trinajstić information content (AvgIpc) is 2.76. The van der Waals surface area contributed by atoms with E-state index >= 15 is 0 Å². The van der Waals surface area contributed by atoms with Crippen LogP contribution >= 0.6 is 0 Å². The van der Waals surface area contributed by atoms with Crippen LogP contribution in [0.5, 0.6) is 11.5 Å². The molecular formula is C23H24N2O5S. The van der Waals surface area contributed by atoms with Crippen LogP contribution < -0.4 is 19.1 Å². The van der Waals surface area contributed by atoms with Crippen LogP contribution in [0.15, 0.2) is 60.7 Å². The van der Waals surface area contributed by atoms with Crippen LogP contribution in [-0.2, 0) is 21.4 Å². The lowest BCUT2D eigenvalue weighted by molar-refractivity contribution is -0.122. The monoisotopic (exact) mass is 440 g/mol. The second-order valence-corrected chi connectivity index (χ2v) is 9.28. The first kappa shape index (κ1) is 21.0. The standard InChI is InChI=1S/C23H24N2O5S/c1-16(23(26)24-15-18-8-5-7-17-6-3-4-9-20(17)18)25(31(2,27)28)19-10-11-21-22(14-19)30-13-12-29-21/h3-11,14,16H,12-13,15H2,1-2H3,(H,24,26). The molecule has 0 saturated carbocycles. The number of nitrogens with zero attached hydrogens (tertiary/aromatic N) is 1. The minimum Gasteiger partial charge on any atom is -0.486 e. The number of anilines is 1. The number of nitrogens with one attached hydrogen (secondary N) is 1. The Morgan fingerprint density at radius 1 is 1.03 bits per heavy atom. The summed E-state index contributed by atoms with van der Waals surface area (Å²) in [6.45, 7) is 2.69. The van der Waals surface area contributed by atoms with E-state index in [4.69, 9.17) is 9.47 Å². The van der Waals surface area contributed by atoms with Gasteiger partial charge in [-0.25, -0.2) is 8.42 Å². The molecule has 1 aliphatic heterocycles. The molecule has 1 heterocycles. The topological polar surface area (TPSA) is 84.9 Å². The second-order valence-electron chi connectivity index (χ2n) is 7.42. The van der Waals surface area contributed by atoms with Crippen molar-refractivity contribution in [1.29, 1.82) is 0 Å². The number of benzene rings is 3. The first-order chi connectivity index (χ1) is 14.8. The van der Waals surface area contributed by atoms with Crippen LogP contribution in [0.4, 0.5) is 5.69 Å². The summed E-state index contributed by atoms with van der Waals surface area (Å²) in [5.41, 5.74) is 1.31. The Morgan fingerprint density at radius 3 is 2.52 bits per heavy atom. The molecule has 0 saturated heterocycles. The number of rotatable bonds is 6. The van der Waals surface area contributed by atoms with E-state index in [2.05, 4.69) is 5.32 Å². The van der Waals surface area contributed by atoms with E-state index < -0.39 is 22.0 Å². The molecular weight excluding hydrogens is 416 g/mol. The van der Waals surface area contributed by atoms with Crippen molar-refractivity contribution in [2.75, 3.05) is 23.8 Å². The second kappa shape index (κ2) is 8.47. The predicted octanol–water partition coefficient (Wildman–Crippen LogP) is 3.08. The van der Waals surface area contributed by atoms with Crippen molar-refractivity contribution in [1.82, 2.24) is 5.32 Å². The maximum Gasteiger partial charge on any atom is 0.243 e. The Balaban J connectivity index is 1.56. The number of carbonyl (C=O) groups is 1. The molecule has 31 heavy (non-hydrogen) atoms. The van der Waals surface area contributed by atoms with Crippen molar-refractivity contribution in [3.63, 3.8) is 0 Å². The molecule has 162 valence electrons. The molecule has 1 N–H and O–H groups in total. The summed E-state index contributed by atoms with van der Waals surface area (Å²) in [5, 5.41) is 5.00. The summed E-state index contributed by atoms with van der Waals surface area (Å²) in [4.78, 5) is 12.9. The van der Waals surface area contributed by atoms with E-state index in [0.717, 1.165) is 26.9 Å². The number of hydrogen-bond donors (Lipinski definition) is 1. The summed E-state index contributed by atoms with van der Waals surface area (Å²) in [6, 6.07) is 17.7. The highest BCUT2D eigenvalue weighted by Gasteiger charge is 2.30. The van der Waals surface area contributed by atoms with Crippen molar-refractivity contribution >= 4 is 32.4 Å². The number of sulfonamides is 1. The van der Waals surface area contributed by atoms with Crippen molar-refractivity contribution in [2.24, 2.45) is 0 Å². The van der Waals surface area contributed by atoms with Crippen LogP contribution in [0.2, 0.25) is 0 Å². The Kier molecular flexibility index (Phi) is 5.73. The molecule has 0 radical (unpaired) electrons. The van der Waals surface area contributed by atoms with Gasteiger partial charge in [-0.2, -0.15) is 0 Å². The van der Waals surface area contributed by atoms with Gasteiger partial charge in [0.05, 0.1) is 11.9 Å². The zero-order chi connectivity index (χ0) is 22.0. The molecule has 0 aromatic heterocycles. The van der Waals surface area contributed by atoms with E-state index in [1.54, 1.807) is 25.1 Å². The van der Waals surface area contributed by atoms with E-state index in [1.807, 2.05) is 42.5 Å². The molecule has 3 aromatic rings. The van der Waals surface area contributed by atoms with Crippen molar-refractivity contribution in [3.8, 4) is 11.5 Å². The van der Waals surface area contributed by atoms with Gasteiger partial charge in [0.1, 0.15) is 19.3 Å². The van der Waals surface area contributed by atoms with E-state index in [1.165, 1.54) is 0 Å². The Labute approximate surface area is 181 Å². The smallest absolute Gasteiger partial charge is 0.243 e. The summed E-state index contributed by atoms with van der Waals surface area (Å²) in [5.74, 6) is 0.616. The van der Waals surface area contributed by atoms with Gasteiger partial charge in [-0.15, -0.1) is 0 Å². The summed E-state index contributed by atoms with van der Waals surface area (Å²) in [6.07, 6.45) is 1.08. The number of hydrogen-bond acceptors (Lipinski definition) is 5. The van der Waals surface area contributed by atoms with E-state index in [-0.39, 0.29) is 0 Å². The summed E-state index contributed by atoms with van der Waals surface area (Å²) < 4.78 is 37.3. The van der Waals surface area contributed by atoms with Gasteiger partial charge in [-0.3, -0.25) is 9.10 Å². The number of fused-ring (bicyclic) bond motifs is 2. The fraction of sp³-hybridized carbons (Fsp3) is 0.261. The summed E-state index contributed by atoms with van der Waals surface area (Å²) in [7, 11) is -3.73. The first-order valence-electron chi connectivity index (χ1n) is 9.98. The predicted molar refractivity (Wildman–Crippen MR) is 120 cm³/mol. The molecule has 3 aromatic carbocycles. The lowest BCUT2D eigenvalue weighted by Crippen LogP contribution is -2.47.